The van der Waals surface area contributed by atoms with Gasteiger partial charge in [0.05, 0.1) is 5.69 Å². The lowest BCUT2D eigenvalue weighted by atomic mass is 9.98. The average molecular weight is 223 g/mol. The van der Waals surface area contributed by atoms with Crippen LogP contribution >= 0.6 is 0 Å². The Kier molecular flexibility index (Phi) is 2.74. The molecule has 1 aliphatic rings. The van der Waals surface area contributed by atoms with Crippen molar-refractivity contribution in [1.29, 1.82) is 0 Å². The van der Waals surface area contributed by atoms with Gasteiger partial charge >= 0.3 is 5.97 Å². The Morgan fingerprint density at radius 2 is 2.06 bits per heavy atom. The molecular formula is C12H17NO3. The lowest BCUT2D eigenvalue weighted by Crippen LogP contribution is -2.02. The monoisotopic (exact) mass is 223 g/mol. The van der Waals surface area contributed by atoms with Crippen molar-refractivity contribution in [2.24, 2.45) is 5.92 Å². The minimum atomic E-state index is -1.00. The van der Waals surface area contributed by atoms with E-state index in [2.05, 4.69) is 18.8 Å². The predicted octanol–water partition coefficient (Wildman–Crippen LogP) is 3.01. The number of oxazole rings is 1. The van der Waals surface area contributed by atoms with Crippen LogP contribution in [0, 0.1) is 5.92 Å². The van der Waals surface area contributed by atoms with E-state index < -0.39 is 5.97 Å². The molecule has 0 spiro atoms. The number of nitrogens with zero attached hydrogens (tertiary/aromatic N) is 1. The number of hydrogen-bond acceptors (Lipinski definition) is 3. The van der Waals surface area contributed by atoms with E-state index in [1.54, 1.807) is 0 Å². The summed E-state index contributed by atoms with van der Waals surface area (Å²) in [5.41, 5.74) is 0.648. The lowest BCUT2D eigenvalue weighted by Gasteiger charge is -2.10. The molecule has 0 amide bonds. The number of aromatic nitrogens is 1. The summed E-state index contributed by atoms with van der Waals surface area (Å²) < 4.78 is 5.39. The largest absolute Gasteiger partial charge is 0.475 e. The molecule has 1 N–H and O–H groups in total. The van der Waals surface area contributed by atoms with Crippen LogP contribution in [0.5, 0.6) is 0 Å². The van der Waals surface area contributed by atoms with E-state index in [1.807, 2.05) is 6.92 Å². The first-order valence-electron chi connectivity index (χ1n) is 5.74. The molecule has 0 aliphatic heterocycles. The topological polar surface area (TPSA) is 63.3 Å². The summed E-state index contributed by atoms with van der Waals surface area (Å²) in [5.74, 6) is 0.469. The van der Waals surface area contributed by atoms with Gasteiger partial charge in [-0.3, -0.25) is 0 Å². The molecule has 4 nitrogen and oxygen atoms in total. The molecule has 16 heavy (non-hydrogen) atoms. The van der Waals surface area contributed by atoms with E-state index in [0.717, 1.165) is 12.8 Å². The molecular weight excluding hydrogens is 206 g/mol. The van der Waals surface area contributed by atoms with Gasteiger partial charge in [0.2, 0.25) is 5.76 Å². The van der Waals surface area contributed by atoms with Crippen LogP contribution < -0.4 is 0 Å². The Morgan fingerprint density at radius 1 is 1.44 bits per heavy atom. The van der Waals surface area contributed by atoms with Gasteiger partial charge in [-0.1, -0.05) is 20.8 Å². The van der Waals surface area contributed by atoms with Gasteiger partial charge in [0.15, 0.2) is 5.89 Å². The van der Waals surface area contributed by atoms with E-state index in [0.29, 0.717) is 23.4 Å². The third-order valence-corrected chi connectivity index (χ3v) is 3.22. The van der Waals surface area contributed by atoms with Crippen molar-refractivity contribution >= 4 is 5.97 Å². The Bertz CT molecular complexity index is 404. The summed E-state index contributed by atoms with van der Waals surface area (Å²) in [6.07, 6.45) is 2.06. The molecule has 1 saturated carbocycles. The maximum Gasteiger partial charge on any atom is 0.373 e. The standard InChI is InChI=1S/C12H17NO3/c1-6(2)7(3)11-13-9(8-4-5-8)10(16-11)12(14)15/h6-8H,4-5H2,1-3H3,(H,14,15). The van der Waals surface area contributed by atoms with E-state index in [4.69, 9.17) is 9.52 Å². The molecule has 1 aromatic heterocycles. The molecule has 1 unspecified atom stereocenters. The van der Waals surface area contributed by atoms with Crippen molar-refractivity contribution in [2.45, 2.75) is 45.4 Å². The number of rotatable bonds is 4. The minimum Gasteiger partial charge on any atom is -0.475 e. The molecule has 88 valence electrons. The summed E-state index contributed by atoms with van der Waals surface area (Å²) >= 11 is 0. The molecule has 0 saturated heterocycles. The smallest absolute Gasteiger partial charge is 0.373 e. The van der Waals surface area contributed by atoms with Gasteiger partial charge in [0, 0.05) is 11.8 Å². The Hall–Kier alpha value is -1.32. The fourth-order valence-electron chi connectivity index (χ4n) is 1.62. The van der Waals surface area contributed by atoms with E-state index in [1.165, 1.54) is 0 Å². The summed E-state index contributed by atoms with van der Waals surface area (Å²) in [7, 11) is 0. The normalized spacial score (nSPS) is 17.8. The first kappa shape index (κ1) is 11.2. The average Bonchev–Trinajstić information content (AvgIpc) is 2.96. The maximum absolute atomic E-state index is 11.0. The van der Waals surface area contributed by atoms with Crippen LogP contribution in [0.2, 0.25) is 0 Å². The summed E-state index contributed by atoms with van der Waals surface area (Å²) in [6, 6.07) is 0. The van der Waals surface area contributed by atoms with Gasteiger partial charge in [-0.2, -0.15) is 0 Å². The Morgan fingerprint density at radius 3 is 2.50 bits per heavy atom. The molecule has 1 fully saturated rings. The zero-order valence-corrected chi connectivity index (χ0v) is 9.86. The first-order chi connectivity index (χ1) is 7.50. The summed E-state index contributed by atoms with van der Waals surface area (Å²) in [4.78, 5) is 15.4. The van der Waals surface area contributed by atoms with E-state index >= 15 is 0 Å². The third kappa shape index (κ3) is 1.96. The van der Waals surface area contributed by atoms with Crippen LogP contribution in [-0.4, -0.2) is 16.1 Å². The molecule has 0 radical (unpaired) electrons. The van der Waals surface area contributed by atoms with Crippen LogP contribution in [-0.2, 0) is 0 Å². The first-order valence-corrected chi connectivity index (χ1v) is 5.74. The number of carboxylic acids is 1. The van der Waals surface area contributed by atoms with E-state index in [9.17, 15) is 4.79 Å². The van der Waals surface area contributed by atoms with Gasteiger partial charge in [-0.25, -0.2) is 9.78 Å². The van der Waals surface area contributed by atoms with Crippen LogP contribution in [0.3, 0.4) is 0 Å². The highest BCUT2D eigenvalue weighted by Gasteiger charge is 2.34. The fourth-order valence-corrected chi connectivity index (χ4v) is 1.62. The molecule has 0 aromatic carbocycles. The van der Waals surface area contributed by atoms with Gasteiger partial charge in [0.1, 0.15) is 0 Å². The summed E-state index contributed by atoms with van der Waals surface area (Å²) in [5, 5.41) is 9.04. The van der Waals surface area contributed by atoms with Gasteiger partial charge < -0.3 is 9.52 Å². The number of hydrogen-bond donors (Lipinski definition) is 1. The van der Waals surface area contributed by atoms with Crippen molar-refractivity contribution in [1.82, 2.24) is 4.98 Å². The molecule has 4 heteroatoms. The lowest BCUT2D eigenvalue weighted by molar-refractivity contribution is 0.0657. The number of carbonyl (C=O) groups is 1. The SMILES string of the molecule is CC(C)C(C)c1nc(C2CC2)c(C(=O)O)o1. The second-order valence-electron chi connectivity index (χ2n) is 4.88. The molecule has 1 aliphatic carbocycles. The van der Waals surface area contributed by atoms with Crippen LogP contribution in [0.4, 0.5) is 0 Å². The second kappa shape index (κ2) is 3.92. The molecule has 1 atom stereocenters. The van der Waals surface area contributed by atoms with Crippen molar-refractivity contribution < 1.29 is 14.3 Å². The van der Waals surface area contributed by atoms with Crippen molar-refractivity contribution in [3.05, 3.63) is 17.3 Å². The maximum atomic E-state index is 11.0. The van der Waals surface area contributed by atoms with E-state index in [-0.39, 0.29) is 11.7 Å². The summed E-state index contributed by atoms with van der Waals surface area (Å²) in [6.45, 7) is 6.16. The molecule has 1 aromatic rings. The van der Waals surface area contributed by atoms with Crippen molar-refractivity contribution in [3.63, 3.8) is 0 Å². The quantitative estimate of drug-likeness (QED) is 0.852. The van der Waals surface area contributed by atoms with Crippen LogP contribution in [0.15, 0.2) is 4.42 Å². The Labute approximate surface area is 94.7 Å². The van der Waals surface area contributed by atoms with Gasteiger partial charge in [-0.15, -0.1) is 0 Å². The zero-order chi connectivity index (χ0) is 11.9. The highest BCUT2D eigenvalue weighted by atomic mass is 16.4. The third-order valence-electron chi connectivity index (χ3n) is 3.22. The minimum absolute atomic E-state index is 0.0463. The molecule has 1 heterocycles. The van der Waals surface area contributed by atoms with Gasteiger partial charge in [-0.05, 0) is 18.8 Å². The molecule has 2 rings (SSSR count). The highest BCUT2D eigenvalue weighted by Crippen LogP contribution is 2.42. The van der Waals surface area contributed by atoms with Crippen molar-refractivity contribution in [2.75, 3.05) is 0 Å². The number of aromatic carboxylic acids is 1. The van der Waals surface area contributed by atoms with Crippen molar-refractivity contribution in [3.8, 4) is 0 Å². The zero-order valence-electron chi connectivity index (χ0n) is 9.86. The van der Waals surface area contributed by atoms with Crippen LogP contribution in [0.1, 0.15) is 67.6 Å². The predicted molar refractivity (Wildman–Crippen MR) is 58.7 cm³/mol. The fraction of sp³-hybridized carbons (Fsp3) is 0.667. The highest BCUT2D eigenvalue weighted by molar-refractivity contribution is 5.86. The Balaban J connectivity index is 2.34. The molecule has 0 bridgehead atoms. The van der Waals surface area contributed by atoms with Gasteiger partial charge in [0.25, 0.3) is 0 Å². The second-order valence-corrected chi connectivity index (χ2v) is 4.88. The number of carboxylic acid groups (broad SMARTS) is 1. The van der Waals surface area contributed by atoms with Crippen LogP contribution in [0.25, 0.3) is 0 Å².